The zero-order valence-electron chi connectivity index (χ0n) is 13.2. The summed E-state index contributed by atoms with van der Waals surface area (Å²) in [6.07, 6.45) is 7.77. The molecule has 1 aromatic heterocycles. The molecule has 0 amide bonds. The van der Waals surface area contributed by atoms with Gasteiger partial charge >= 0.3 is 0 Å². The molecule has 0 saturated carbocycles. The van der Waals surface area contributed by atoms with Gasteiger partial charge in [-0.2, -0.15) is 0 Å². The second-order valence-electron chi connectivity index (χ2n) is 6.90. The Labute approximate surface area is 123 Å². The fraction of sp³-hybridized carbons (Fsp3) is 0.706. The van der Waals surface area contributed by atoms with Crippen LogP contribution < -0.4 is 10.6 Å². The van der Waals surface area contributed by atoms with E-state index in [-0.39, 0.29) is 6.04 Å². The minimum Gasteiger partial charge on any atom is -0.357 e. The fourth-order valence-corrected chi connectivity index (χ4v) is 2.82. The normalized spacial score (nSPS) is 20.5. The van der Waals surface area contributed by atoms with Crippen LogP contribution in [0.4, 0.5) is 5.82 Å². The minimum absolute atomic E-state index is 0.252. The first-order chi connectivity index (χ1) is 9.50. The lowest BCUT2D eigenvalue weighted by Crippen LogP contribution is -2.26. The van der Waals surface area contributed by atoms with E-state index >= 15 is 0 Å². The van der Waals surface area contributed by atoms with Crippen LogP contribution in [0.3, 0.4) is 0 Å². The summed E-state index contributed by atoms with van der Waals surface area (Å²) in [4.78, 5) is 7.08. The smallest absolute Gasteiger partial charge is 0.128 e. The van der Waals surface area contributed by atoms with Crippen molar-refractivity contribution < 1.29 is 0 Å². The van der Waals surface area contributed by atoms with Crippen molar-refractivity contribution in [3.8, 4) is 0 Å². The highest BCUT2D eigenvalue weighted by Crippen LogP contribution is 2.31. The Balaban J connectivity index is 1.99. The molecule has 1 aliphatic heterocycles. The number of hydrogen-bond acceptors (Lipinski definition) is 3. The number of nitrogens with zero attached hydrogens (tertiary/aromatic N) is 2. The van der Waals surface area contributed by atoms with Crippen molar-refractivity contribution in [2.24, 2.45) is 11.1 Å². The lowest BCUT2D eigenvalue weighted by molar-refractivity contribution is 0.325. The van der Waals surface area contributed by atoms with Crippen LogP contribution in [0.15, 0.2) is 18.3 Å². The van der Waals surface area contributed by atoms with Crippen molar-refractivity contribution >= 4 is 5.82 Å². The molecule has 0 spiro atoms. The van der Waals surface area contributed by atoms with Gasteiger partial charge in [-0.15, -0.1) is 0 Å². The SMILES string of the molecule is CCC(N)Cc1ccc(N2CCCC(C)(C)CC2)nc1. The van der Waals surface area contributed by atoms with Gasteiger partial charge in [0, 0.05) is 25.3 Å². The van der Waals surface area contributed by atoms with E-state index in [1.807, 2.05) is 6.20 Å². The highest BCUT2D eigenvalue weighted by atomic mass is 15.2. The molecule has 1 fully saturated rings. The Morgan fingerprint density at radius 2 is 2.10 bits per heavy atom. The van der Waals surface area contributed by atoms with Crippen molar-refractivity contribution in [2.75, 3.05) is 18.0 Å². The molecular formula is C17H29N3. The number of hydrogen-bond donors (Lipinski definition) is 1. The standard InChI is InChI=1S/C17H29N3/c1-4-15(18)12-14-6-7-16(19-13-14)20-10-5-8-17(2,3)9-11-20/h6-7,13,15H,4-5,8-12,18H2,1-3H3. The van der Waals surface area contributed by atoms with Crippen LogP contribution in [0.25, 0.3) is 0 Å². The average molecular weight is 275 g/mol. The van der Waals surface area contributed by atoms with Crippen LogP contribution in [0, 0.1) is 5.41 Å². The van der Waals surface area contributed by atoms with Crippen molar-refractivity contribution in [1.29, 1.82) is 0 Å². The van der Waals surface area contributed by atoms with E-state index in [2.05, 4.69) is 42.8 Å². The Bertz CT molecular complexity index is 411. The molecular weight excluding hydrogens is 246 g/mol. The van der Waals surface area contributed by atoms with Gasteiger partial charge in [0.05, 0.1) is 0 Å². The molecule has 1 aromatic rings. The Morgan fingerprint density at radius 1 is 1.30 bits per heavy atom. The van der Waals surface area contributed by atoms with Gasteiger partial charge in [0.1, 0.15) is 5.82 Å². The number of pyridine rings is 1. The van der Waals surface area contributed by atoms with E-state index in [1.54, 1.807) is 0 Å². The molecule has 2 N–H and O–H groups in total. The monoisotopic (exact) mass is 275 g/mol. The summed E-state index contributed by atoms with van der Waals surface area (Å²) in [5, 5.41) is 0. The Morgan fingerprint density at radius 3 is 2.75 bits per heavy atom. The molecule has 0 aliphatic carbocycles. The summed E-state index contributed by atoms with van der Waals surface area (Å²) in [6.45, 7) is 9.13. The molecule has 0 aromatic carbocycles. The van der Waals surface area contributed by atoms with Gasteiger partial charge in [0.25, 0.3) is 0 Å². The summed E-state index contributed by atoms with van der Waals surface area (Å²) >= 11 is 0. The van der Waals surface area contributed by atoms with Crippen LogP contribution in [0.5, 0.6) is 0 Å². The molecule has 1 aliphatic rings. The number of aromatic nitrogens is 1. The molecule has 1 saturated heterocycles. The molecule has 3 nitrogen and oxygen atoms in total. The van der Waals surface area contributed by atoms with Gasteiger partial charge in [-0.05, 0) is 49.1 Å². The molecule has 3 heteroatoms. The number of rotatable bonds is 4. The van der Waals surface area contributed by atoms with E-state index in [1.165, 1.54) is 24.8 Å². The third kappa shape index (κ3) is 4.20. The first-order valence-electron chi connectivity index (χ1n) is 7.95. The Hall–Kier alpha value is -1.09. The second-order valence-corrected chi connectivity index (χ2v) is 6.90. The molecule has 20 heavy (non-hydrogen) atoms. The van der Waals surface area contributed by atoms with Crippen molar-refractivity contribution in [2.45, 2.75) is 58.9 Å². The summed E-state index contributed by atoms with van der Waals surface area (Å²) < 4.78 is 0. The molecule has 112 valence electrons. The van der Waals surface area contributed by atoms with Crippen LogP contribution in [-0.2, 0) is 6.42 Å². The first kappa shape index (κ1) is 15.3. The quantitative estimate of drug-likeness (QED) is 0.916. The second kappa shape index (κ2) is 6.57. The van der Waals surface area contributed by atoms with Crippen molar-refractivity contribution in [3.05, 3.63) is 23.9 Å². The van der Waals surface area contributed by atoms with Crippen molar-refractivity contribution in [1.82, 2.24) is 4.98 Å². The van der Waals surface area contributed by atoms with Gasteiger partial charge in [-0.25, -0.2) is 4.98 Å². The Kier molecular flexibility index (Phi) is 5.03. The predicted octanol–water partition coefficient (Wildman–Crippen LogP) is 3.38. The van der Waals surface area contributed by atoms with Crippen LogP contribution >= 0.6 is 0 Å². The largest absolute Gasteiger partial charge is 0.357 e. The number of anilines is 1. The minimum atomic E-state index is 0.252. The highest BCUT2D eigenvalue weighted by Gasteiger charge is 2.23. The summed E-state index contributed by atoms with van der Waals surface area (Å²) in [5.41, 5.74) is 7.72. The van der Waals surface area contributed by atoms with Crippen LogP contribution in [-0.4, -0.2) is 24.1 Å². The summed E-state index contributed by atoms with van der Waals surface area (Å²) in [6, 6.07) is 4.60. The van der Waals surface area contributed by atoms with E-state index in [0.29, 0.717) is 5.41 Å². The van der Waals surface area contributed by atoms with Gasteiger partial charge in [-0.1, -0.05) is 26.8 Å². The van der Waals surface area contributed by atoms with Gasteiger partial charge in [0.15, 0.2) is 0 Å². The van der Waals surface area contributed by atoms with Crippen LogP contribution in [0.2, 0.25) is 0 Å². The van der Waals surface area contributed by atoms with E-state index in [0.717, 1.165) is 31.7 Å². The predicted molar refractivity (Wildman–Crippen MR) is 86.1 cm³/mol. The van der Waals surface area contributed by atoms with Crippen LogP contribution in [0.1, 0.15) is 52.0 Å². The van der Waals surface area contributed by atoms with E-state index in [4.69, 9.17) is 5.73 Å². The zero-order valence-corrected chi connectivity index (χ0v) is 13.2. The first-order valence-corrected chi connectivity index (χ1v) is 7.95. The maximum atomic E-state index is 6.00. The molecule has 2 heterocycles. The third-order valence-corrected chi connectivity index (χ3v) is 4.50. The fourth-order valence-electron chi connectivity index (χ4n) is 2.82. The average Bonchev–Trinajstić information content (AvgIpc) is 2.60. The highest BCUT2D eigenvalue weighted by molar-refractivity contribution is 5.39. The lowest BCUT2D eigenvalue weighted by atomic mass is 9.85. The molecule has 1 atom stereocenters. The lowest BCUT2D eigenvalue weighted by Gasteiger charge is -2.24. The van der Waals surface area contributed by atoms with Gasteiger partial charge in [-0.3, -0.25) is 0 Å². The van der Waals surface area contributed by atoms with Crippen molar-refractivity contribution in [3.63, 3.8) is 0 Å². The molecule has 2 rings (SSSR count). The van der Waals surface area contributed by atoms with Gasteiger partial charge in [0.2, 0.25) is 0 Å². The maximum absolute atomic E-state index is 6.00. The molecule has 0 bridgehead atoms. The van der Waals surface area contributed by atoms with Gasteiger partial charge < -0.3 is 10.6 Å². The zero-order chi connectivity index (χ0) is 14.6. The molecule has 1 unspecified atom stereocenters. The van der Waals surface area contributed by atoms with E-state index in [9.17, 15) is 0 Å². The third-order valence-electron chi connectivity index (χ3n) is 4.50. The number of nitrogens with two attached hydrogens (primary N) is 1. The topological polar surface area (TPSA) is 42.1 Å². The summed E-state index contributed by atoms with van der Waals surface area (Å²) in [5.74, 6) is 1.12. The maximum Gasteiger partial charge on any atom is 0.128 e. The molecule has 0 radical (unpaired) electrons. The van der Waals surface area contributed by atoms with E-state index < -0.39 is 0 Å². The summed E-state index contributed by atoms with van der Waals surface area (Å²) in [7, 11) is 0.